The van der Waals surface area contributed by atoms with E-state index in [2.05, 4.69) is 9.71 Å². The van der Waals surface area contributed by atoms with E-state index in [-0.39, 0.29) is 6.54 Å². The largest absolute Gasteiger partial charge is 0.330 e. The van der Waals surface area contributed by atoms with Gasteiger partial charge in [-0.2, -0.15) is 17.4 Å². The second kappa shape index (κ2) is 6.42. The van der Waals surface area contributed by atoms with Crippen LogP contribution in [0, 0.1) is 5.92 Å². The van der Waals surface area contributed by atoms with E-state index in [1.807, 2.05) is 6.07 Å². The molecule has 0 radical (unpaired) electrons. The SMILES string of the molecule is NCC1CCN(S(=O)(=O)NCc2ccccn2)CC1. The average molecular weight is 284 g/mol. The summed E-state index contributed by atoms with van der Waals surface area (Å²) < 4.78 is 28.3. The summed E-state index contributed by atoms with van der Waals surface area (Å²) in [5.74, 6) is 0.447. The summed E-state index contributed by atoms with van der Waals surface area (Å²) in [6, 6.07) is 5.43. The molecule has 106 valence electrons. The fourth-order valence-corrected chi connectivity index (χ4v) is 3.35. The molecule has 1 aromatic heterocycles. The van der Waals surface area contributed by atoms with Crippen molar-refractivity contribution in [2.75, 3.05) is 19.6 Å². The number of nitrogens with zero attached hydrogens (tertiary/aromatic N) is 2. The lowest BCUT2D eigenvalue weighted by Crippen LogP contribution is -2.45. The van der Waals surface area contributed by atoms with Crippen LogP contribution in [0.25, 0.3) is 0 Å². The van der Waals surface area contributed by atoms with Crippen LogP contribution in [0.5, 0.6) is 0 Å². The predicted molar refractivity (Wildman–Crippen MR) is 73.3 cm³/mol. The highest BCUT2D eigenvalue weighted by molar-refractivity contribution is 7.87. The molecule has 1 aromatic rings. The minimum Gasteiger partial charge on any atom is -0.330 e. The minimum absolute atomic E-state index is 0.222. The molecular formula is C12H20N4O2S. The standard InChI is InChI=1S/C12H20N4O2S/c13-9-11-4-7-16(8-5-11)19(17,18)15-10-12-3-1-2-6-14-12/h1-3,6,11,15H,4-5,7-10,13H2. The number of aromatic nitrogens is 1. The molecule has 1 saturated heterocycles. The molecule has 0 saturated carbocycles. The molecule has 0 atom stereocenters. The van der Waals surface area contributed by atoms with E-state index in [0.717, 1.165) is 12.8 Å². The number of piperidine rings is 1. The summed E-state index contributed by atoms with van der Waals surface area (Å²) in [7, 11) is -3.41. The van der Waals surface area contributed by atoms with Crippen molar-refractivity contribution in [3.05, 3.63) is 30.1 Å². The summed E-state index contributed by atoms with van der Waals surface area (Å²) in [6.45, 7) is 1.94. The third kappa shape index (κ3) is 3.97. The van der Waals surface area contributed by atoms with Gasteiger partial charge < -0.3 is 5.73 Å². The zero-order chi connectivity index (χ0) is 13.7. The molecule has 1 aliphatic heterocycles. The summed E-state index contributed by atoms with van der Waals surface area (Å²) in [4.78, 5) is 4.09. The Labute approximate surface area is 114 Å². The molecule has 0 amide bonds. The Bertz CT molecular complexity index is 484. The van der Waals surface area contributed by atoms with Crippen LogP contribution in [0.15, 0.2) is 24.4 Å². The predicted octanol–water partition coefficient (Wildman–Crippen LogP) is 0.0867. The first-order valence-electron chi connectivity index (χ1n) is 6.46. The van der Waals surface area contributed by atoms with Gasteiger partial charge in [-0.1, -0.05) is 6.07 Å². The van der Waals surface area contributed by atoms with Gasteiger partial charge in [-0.25, -0.2) is 0 Å². The Balaban J connectivity index is 1.89. The van der Waals surface area contributed by atoms with Crippen molar-refractivity contribution < 1.29 is 8.42 Å². The monoisotopic (exact) mass is 284 g/mol. The van der Waals surface area contributed by atoms with Gasteiger partial charge in [0.2, 0.25) is 0 Å². The van der Waals surface area contributed by atoms with Crippen molar-refractivity contribution in [1.82, 2.24) is 14.0 Å². The van der Waals surface area contributed by atoms with Crippen molar-refractivity contribution >= 4 is 10.2 Å². The topological polar surface area (TPSA) is 88.3 Å². The highest BCUT2D eigenvalue weighted by Crippen LogP contribution is 2.17. The van der Waals surface area contributed by atoms with Crippen LogP contribution in [0.4, 0.5) is 0 Å². The zero-order valence-electron chi connectivity index (χ0n) is 10.8. The summed E-state index contributed by atoms with van der Waals surface area (Å²) in [5.41, 5.74) is 6.31. The maximum atomic E-state index is 12.1. The molecule has 6 nitrogen and oxygen atoms in total. The second-order valence-electron chi connectivity index (χ2n) is 4.73. The first-order chi connectivity index (χ1) is 9.12. The van der Waals surface area contributed by atoms with Crippen LogP contribution < -0.4 is 10.5 Å². The van der Waals surface area contributed by atoms with Gasteiger partial charge in [0.15, 0.2) is 0 Å². The number of nitrogens with two attached hydrogens (primary N) is 1. The van der Waals surface area contributed by atoms with E-state index in [4.69, 9.17) is 5.73 Å². The third-order valence-electron chi connectivity index (χ3n) is 3.41. The van der Waals surface area contributed by atoms with Crippen LogP contribution in [0.1, 0.15) is 18.5 Å². The molecular weight excluding hydrogens is 264 g/mol. The van der Waals surface area contributed by atoms with E-state index in [0.29, 0.717) is 31.2 Å². The molecule has 0 aliphatic carbocycles. The lowest BCUT2D eigenvalue weighted by Gasteiger charge is -2.30. The van der Waals surface area contributed by atoms with E-state index < -0.39 is 10.2 Å². The molecule has 3 N–H and O–H groups in total. The van der Waals surface area contributed by atoms with Crippen molar-refractivity contribution in [3.63, 3.8) is 0 Å². The minimum atomic E-state index is -3.41. The lowest BCUT2D eigenvalue weighted by atomic mass is 9.99. The van der Waals surface area contributed by atoms with Crippen molar-refractivity contribution in [2.24, 2.45) is 11.7 Å². The maximum Gasteiger partial charge on any atom is 0.279 e. The fraction of sp³-hybridized carbons (Fsp3) is 0.583. The van der Waals surface area contributed by atoms with Crippen LogP contribution in [0.3, 0.4) is 0 Å². The normalized spacial score (nSPS) is 18.6. The Morgan fingerprint density at radius 3 is 2.68 bits per heavy atom. The van der Waals surface area contributed by atoms with Gasteiger partial charge in [0.05, 0.1) is 12.2 Å². The molecule has 0 bridgehead atoms. The maximum absolute atomic E-state index is 12.1. The lowest BCUT2D eigenvalue weighted by molar-refractivity contribution is 0.275. The van der Waals surface area contributed by atoms with E-state index in [1.165, 1.54) is 4.31 Å². The van der Waals surface area contributed by atoms with Crippen molar-refractivity contribution in [3.8, 4) is 0 Å². The van der Waals surface area contributed by atoms with Gasteiger partial charge >= 0.3 is 0 Å². The first kappa shape index (κ1) is 14.4. The number of nitrogens with one attached hydrogen (secondary N) is 1. The van der Waals surface area contributed by atoms with Gasteiger partial charge in [-0.15, -0.1) is 0 Å². The highest BCUT2D eigenvalue weighted by atomic mass is 32.2. The second-order valence-corrected chi connectivity index (χ2v) is 6.48. The van der Waals surface area contributed by atoms with E-state index in [9.17, 15) is 8.42 Å². The molecule has 19 heavy (non-hydrogen) atoms. The summed E-state index contributed by atoms with van der Waals surface area (Å²) >= 11 is 0. The van der Waals surface area contributed by atoms with E-state index >= 15 is 0 Å². The Morgan fingerprint density at radius 1 is 1.37 bits per heavy atom. The molecule has 0 unspecified atom stereocenters. The average Bonchev–Trinajstić information content (AvgIpc) is 2.46. The zero-order valence-corrected chi connectivity index (χ0v) is 11.6. The smallest absolute Gasteiger partial charge is 0.279 e. The number of hydrogen-bond donors (Lipinski definition) is 2. The Morgan fingerprint density at radius 2 is 2.11 bits per heavy atom. The van der Waals surface area contributed by atoms with Crippen LogP contribution in [-0.4, -0.2) is 37.3 Å². The molecule has 1 fully saturated rings. The quantitative estimate of drug-likeness (QED) is 0.802. The van der Waals surface area contributed by atoms with Crippen LogP contribution in [0.2, 0.25) is 0 Å². The Hall–Kier alpha value is -1.02. The molecule has 0 aromatic carbocycles. The van der Waals surface area contributed by atoms with Crippen molar-refractivity contribution in [1.29, 1.82) is 0 Å². The first-order valence-corrected chi connectivity index (χ1v) is 7.90. The summed E-state index contributed by atoms with van der Waals surface area (Å²) in [6.07, 6.45) is 3.32. The van der Waals surface area contributed by atoms with Gasteiger partial charge in [-0.05, 0) is 37.4 Å². The van der Waals surface area contributed by atoms with Gasteiger partial charge in [0.1, 0.15) is 0 Å². The van der Waals surface area contributed by atoms with Gasteiger partial charge in [-0.3, -0.25) is 4.98 Å². The Kier molecular flexibility index (Phi) is 4.87. The van der Waals surface area contributed by atoms with Crippen LogP contribution in [-0.2, 0) is 16.8 Å². The molecule has 2 heterocycles. The molecule has 7 heteroatoms. The third-order valence-corrected chi connectivity index (χ3v) is 4.96. The van der Waals surface area contributed by atoms with Gasteiger partial charge in [0, 0.05) is 19.3 Å². The van der Waals surface area contributed by atoms with Gasteiger partial charge in [0.25, 0.3) is 10.2 Å². The molecule has 0 spiro atoms. The highest BCUT2D eigenvalue weighted by Gasteiger charge is 2.27. The summed E-state index contributed by atoms with van der Waals surface area (Å²) in [5, 5.41) is 0. The molecule has 1 aliphatic rings. The van der Waals surface area contributed by atoms with E-state index in [1.54, 1.807) is 18.3 Å². The van der Waals surface area contributed by atoms with Crippen molar-refractivity contribution in [2.45, 2.75) is 19.4 Å². The fourth-order valence-electron chi connectivity index (χ4n) is 2.14. The number of rotatable bonds is 5. The molecule has 2 rings (SSSR count). The van der Waals surface area contributed by atoms with Crippen LogP contribution >= 0.6 is 0 Å². The number of hydrogen-bond acceptors (Lipinski definition) is 4. The number of pyridine rings is 1.